The van der Waals surface area contributed by atoms with Crippen molar-refractivity contribution in [2.75, 3.05) is 0 Å². The van der Waals surface area contributed by atoms with Crippen molar-refractivity contribution in [2.45, 2.75) is 33.2 Å². The topological polar surface area (TPSA) is 64.0 Å². The summed E-state index contributed by atoms with van der Waals surface area (Å²) in [5.74, 6) is -0.472. The first kappa shape index (κ1) is 16.2. The van der Waals surface area contributed by atoms with Crippen LogP contribution in [0.15, 0.2) is 35.1 Å². The van der Waals surface area contributed by atoms with E-state index in [1.807, 2.05) is 19.9 Å². The number of nitrogens with one attached hydrogen (secondary N) is 1. The molecule has 1 amide bonds. The van der Waals surface area contributed by atoms with E-state index in [2.05, 4.69) is 10.4 Å². The van der Waals surface area contributed by atoms with Crippen LogP contribution in [0.2, 0.25) is 5.02 Å². The van der Waals surface area contributed by atoms with Gasteiger partial charge in [0.15, 0.2) is 5.69 Å². The van der Waals surface area contributed by atoms with Crippen LogP contribution in [0, 0.1) is 6.92 Å². The summed E-state index contributed by atoms with van der Waals surface area (Å²) in [6.07, 6.45) is 0.774. The molecule has 0 saturated carbocycles. The van der Waals surface area contributed by atoms with Crippen molar-refractivity contribution in [3.8, 4) is 5.69 Å². The van der Waals surface area contributed by atoms with E-state index in [0.717, 1.165) is 6.42 Å². The Morgan fingerprint density at radius 2 is 2.09 bits per heavy atom. The lowest BCUT2D eigenvalue weighted by Gasteiger charge is -2.14. The second kappa shape index (κ2) is 6.75. The molecule has 0 aliphatic heterocycles. The first-order chi connectivity index (χ1) is 10.4. The third-order valence-corrected chi connectivity index (χ3v) is 3.71. The molecule has 5 nitrogen and oxygen atoms in total. The van der Waals surface area contributed by atoms with Crippen molar-refractivity contribution in [3.63, 3.8) is 0 Å². The molecule has 1 atom stereocenters. The number of nitrogens with zero attached hydrogens (tertiary/aromatic N) is 2. The van der Waals surface area contributed by atoms with Gasteiger partial charge in [-0.2, -0.15) is 5.10 Å². The molecule has 1 unspecified atom stereocenters. The number of rotatable bonds is 4. The highest BCUT2D eigenvalue weighted by Gasteiger charge is 2.17. The smallest absolute Gasteiger partial charge is 0.276 e. The highest BCUT2D eigenvalue weighted by atomic mass is 35.5. The van der Waals surface area contributed by atoms with Crippen LogP contribution in [0.5, 0.6) is 0 Å². The van der Waals surface area contributed by atoms with E-state index in [-0.39, 0.29) is 11.7 Å². The average Bonchev–Trinajstić information content (AvgIpc) is 2.48. The minimum Gasteiger partial charge on any atom is -0.348 e. The zero-order valence-corrected chi connectivity index (χ0v) is 13.5. The summed E-state index contributed by atoms with van der Waals surface area (Å²) >= 11 is 6.17. The van der Waals surface area contributed by atoms with E-state index in [1.165, 1.54) is 10.7 Å². The number of benzene rings is 1. The maximum Gasteiger partial charge on any atom is 0.276 e. The Kier molecular flexibility index (Phi) is 4.98. The predicted molar refractivity (Wildman–Crippen MR) is 86.8 cm³/mol. The molecule has 1 aromatic heterocycles. The number of hydrogen-bond donors (Lipinski definition) is 1. The highest BCUT2D eigenvalue weighted by molar-refractivity contribution is 6.32. The molecule has 0 spiro atoms. The molecule has 2 rings (SSSR count). The van der Waals surface area contributed by atoms with Gasteiger partial charge in [-0.25, -0.2) is 4.68 Å². The van der Waals surface area contributed by atoms with E-state index in [4.69, 9.17) is 11.6 Å². The number of aryl methyl sites for hydroxylation is 1. The van der Waals surface area contributed by atoms with Gasteiger partial charge in [-0.05, 0) is 32.4 Å². The van der Waals surface area contributed by atoms with Crippen molar-refractivity contribution in [2.24, 2.45) is 0 Å². The Morgan fingerprint density at radius 3 is 2.73 bits per heavy atom. The highest BCUT2D eigenvalue weighted by Crippen LogP contribution is 2.19. The Morgan fingerprint density at radius 1 is 1.41 bits per heavy atom. The summed E-state index contributed by atoms with van der Waals surface area (Å²) in [7, 11) is 0. The van der Waals surface area contributed by atoms with E-state index in [0.29, 0.717) is 16.4 Å². The SMILES string of the molecule is CCC(C)NC(=O)c1nn(-c2ccccc2Cl)c(C)cc1=O. The van der Waals surface area contributed by atoms with Gasteiger partial charge in [0.05, 0.1) is 10.7 Å². The molecule has 116 valence electrons. The number of carbonyl (C=O) groups excluding carboxylic acids is 1. The molecular weight excluding hydrogens is 302 g/mol. The molecule has 0 fully saturated rings. The van der Waals surface area contributed by atoms with Crippen molar-refractivity contribution >= 4 is 17.5 Å². The summed E-state index contributed by atoms with van der Waals surface area (Å²) in [5.41, 5.74) is 0.699. The maximum absolute atomic E-state index is 12.2. The quantitative estimate of drug-likeness (QED) is 0.942. The summed E-state index contributed by atoms with van der Waals surface area (Å²) in [5, 5.41) is 7.44. The minimum absolute atomic E-state index is 0.0243. The molecule has 22 heavy (non-hydrogen) atoms. The van der Waals surface area contributed by atoms with Gasteiger partial charge in [0, 0.05) is 17.8 Å². The van der Waals surface area contributed by atoms with Crippen molar-refractivity contribution < 1.29 is 4.79 Å². The first-order valence-electron chi connectivity index (χ1n) is 7.10. The second-order valence-corrected chi connectivity index (χ2v) is 5.55. The van der Waals surface area contributed by atoms with Crippen LogP contribution in [0.3, 0.4) is 0 Å². The lowest BCUT2D eigenvalue weighted by atomic mass is 10.2. The van der Waals surface area contributed by atoms with Gasteiger partial charge >= 0.3 is 0 Å². The van der Waals surface area contributed by atoms with E-state index in [9.17, 15) is 9.59 Å². The lowest BCUT2D eigenvalue weighted by Crippen LogP contribution is -2.37. The Balaban J connectivity index is 2.50. The molecule has 1 heterocycles. The summed E-state index contributed by atoms with van der Waals surface area (Å²) in [6.45, 7) is 5.57. The number of halogens is 1. The average molecular weight is 320 g/mol. The van der Waals surface area contributed by atoms with Gasteiger partial charge < -0.3 is 5.32 Å². The van der Waals surface area contributed by atoms with Crippen LogP contribution in [-0.4, -0.2) is 21.7 Å². The molecular formula is C16H18ClN3O2. The largest absolute Gasteiger partial charge is 0.348 e. The fraction of sp³-hybridized carbons (Fsp3) is 0.312. The van der Waals surface area contributed by atoms with Gasteiger partial charge in [-0.1, -0.05) is 30.7 Å². The van der Waals surface area contributed by atoms with Crippen molar-refractivity contribution in [1.29, 1.82) is 0 Å². The molecule has 0 aliphatic rings. The van der Waals surface area contributed by atoms with Crippen molar-refractivity contribution in [1.82, 2.24) is 15.1 Å². The maximum atomic E-state index is 12.2. The van der Waals surface area contributed by atoms with Gasteiger partial charge in [0.25, 0.3) is 5.91 Å². The Labute approximate surface area is 133 Å². The molecule has 1 aromatic carbocycles. The summed E-state index contributed by atoms with van der Waals surface area (Å²) in [4.78, 5) is 24.2. The summed E-state index contributed by atoms with van der Waals surface area (Å²) in [6, 6.07) is 8.50. The fourth-order valence-corrected chi connectivity index (χ4v) is 2.18. The number of hydrogen-bond acceptors (Lipinski definition) is 3. The number of amides is 1. The monoisotopic (exact) mass is 319 g/mol. The van der Waals surface area contributed by atoms with Crippen LogP contribution in [0.25, 0.3) is 5.69 Å². The third kappa shape index (κ3) is 3.36. The molecule has 0 bridgehead atoms. The molecule has 0 saturated heterocycles. The predicted octanol–water partition coefficient (Wildman–Crippen LogP) is 2.72. The van der Waals surface area contributed by atoms with E-state index >= 15 is 0 Å². The zero-order chi connectivity index (χ0) is 16.3. The molecule has 0 radical (unpaired) electrons. The first-order valence-corrected chi connectivity index (χ1v) is 7.48. The van der Waals surface area contributed by atoms with Gasteiger partial charge in [0.2, 0.25) is 5.43 Å². The Bertz CT molecular complexity index is 755. The lowest BCUT2D eigenvalue weighted by molar-refractivity contribution is 0.0931. The number of para-hydroxylation sites is 1. The second-order valence-electron chi connectivity index (χ2n) is 5.14. The van der Waals surface area contributed by atoms with Crippen molar-refractivity contribution in [3.05, 3.63) is 57.0 Å². The van der Waals surface area contributed by atoms with E-state index in [1.54, 1.807) is 25.1 Å². The van der Waals surface area contributed by atoms with Crippen LogP contribution in [-0.2, 0) is 0 Å². The molecule has 1 N–H and O–H groups in total. The van der Waals surface area contributed by atoms with Crippen LogP contribution in [0.1, 0.15) is 36.5 Å². The van der Waals surface area contributed by atoms with Gasteiger partial charge in [0.1, 0.15) is 0 Å². The van der Waals surface area contributed by atoms with Gasteiger partial charge in [-0.15, -0.1) is 0 Å². The minimum atomic E-state index is -0.472. The Hall–Kier alpha value is -2.14. The zero-order valence-electron chi connectivity index (χ0n) is 12.8. The third-order valence-electron chi connectivity index (χ3n) is 3.39. The summed E-state index contributed by atoms with van der Waals surface area (Å²) < 4.78 is 1.51. The standard InChI is InChI=1S/C16H18ClN3O2/c1-4-10(2)18-16(22)15-14(21)9-11(3)20(19-15)13-8-6-5-7-12(13)17/h5-10H,4H2,1-3H3,(H,18,22). The van der Waals surface area contributed by atoms with E-state index < -0.39 is 11.3 Å². The van der Waals surface area contributed by atoms with Gasteiger partial charge in [-0.3, -0.25) is 9.59 Å². The molecule has 2 aromatic rings. The fourth-order valence-electron chi connectivity index (χ4n) is 1.97. The number of aromatic nitrogens is 2. The normalized spacial score (nSPS) is 12.0. The van der Waals surface area contributed by atoms with Crippen LogP contribution >= 0.6 is 11.6 Å². The van der Waals surface area contributed by atoms with Crippen LogP contribution in [0.4, 0.5) is 0 Å². The van der Waals surface area contributed by atoms with Crippen LogP contribution < -0.4 is 10.7 Å². The molecule has 6 heteroatoms. The number of carbonyl (C=O) groups is 1. The molecule has 0 aliphatic carbocycles.